The zero-order valence-corrected chi connectivity index (χ0v) is 13.5. The maximum atomic E-state index is 12.8. The van der Waals surface area contributed by atoms with Gasteiger partial charge in [-0.15, -0.1) is 0 Å². The van der Waals surface area contributed by atoms with Gasteiger partial charge >= 0.3 is 0 Å². The third-order valence-corrected chi connectivity index (χ3v) is 6.68. The Bertz CT molecular complexity index is 513. The number of halogens is 1. The topological polar surface area (TPSA) is 46.2 Å². The van der Waals surface area contributed by atoms with Crippen molar-refractivity contribution < 1.29 is 8.42 Å². The molecule has 0 radical (unpaired) electrons. The van der Waals surface area contributed by atoms with Crippen molar-refractivity contribution in [2.75, 3.05) is 7.05 Å². The lowest BCUT2D eigenvalue weighted by atomic mass is 10.1. The van der Waals surface area contributed by atoms with Gasteiger partial charge in [0, 0.05) is 10.5 Å². The molecule has 1 saturated carbocycles. The van der Waals surface area contributed by atoms with E-state index in [1.165, 1.54) is 0 Å². The third-order valence-electron chi connectivity index (χ3n) is 3.86. The lowest BCUT2D eigenvalue weighted by Gasteiger charge is -2.24. The highest BCUT2D eigenvalue weighted by Crippen LogP contribution is 2.28. The number of hydrogen-bond acceptors (Lipinski definition) is 3. The molecular weight excluding hydrogens is 326 g/mol. The Morgan fingerprint density at radius 3 is 2.37 bits per heavy atom. The lowest BCUT2D eigenvalue weighted by molar-refractivity contribution is 0.480. The molecule has 1 fully saturated rings. The van der Waals surface area contributed by atoms with Crippen molar-refractivity contribution in [2.45, 2.75) is 48.3 Å². The van der Waals surface area contributed by atoms with E-state index in [1.807, 2.05) is 7.05 Å². The van der Waals surface area contributed by atoms with Gasteiger partial charge in [-0.25, -0.2) is 8.42 Å². The molecule has 1 aromatic rings. The van der Waals surface area contributed by atoms with Gasteiger partial charge in [0.25, 0.3) is 0 Å². The Balaban J connectivity index is 2.33. The second-order valence-electron chi connectivity index (χ2n) is 5.07. The van der Waals surface area contributed by atoms with Crippen LogP contribution in [0.2, 0.25) is 0 Å². The van der Waals surface area contributed by atoms with Crippen molar-refractivity contribution in [1.29, 1.82) is 0 Å². The molecule has 0 saturated heterocycles. The molecule has 0 amide bonds. The fourth-order valence-electron chi connectivity index (χ4n) is 2.77. The van der Waals surface area contributed by atoms with E-state index in [2.05, 4.69) is 21.2 Å². The van der Waals surface area contributed by atoms with E-state index < -0.39 is 9.84 Å². The number of nitrogens with one attached hydrogen (secondary N) is 1. The molecule has 5 heteroatoms. The highest BCUT2D eigenvalue weighted by Gasteiger charge is 2.34. The maximum Gasteiger partial charge on any atom is 0.182 e. The van der Waals surface area contributed by atoms with Crippen LogP contribution in [0.3, 0.4) is 0 Å². The molecule has 0 heterocycles. The molecule has 0 bridgehead atoms. The first-order valence-electron chi connectivity index (χ1n) is 6.72. The van der Waals surface area contributed by atoms with E-state index in [0.29, 0.717) is 4.90 Å². The van der Waals surface area contributed by atoms with E-state index >= 15 is 0 Å². The molecule has 1 N–H and O–H groups in total. The Hall–Kier alpha value is -0.390. The average molecular weight is 346 g/mol. The summed E-state index contributed by atoms with van der Waals surface area (Å²) in [7, 11) is -1.39. The molecule has 2 atom stereocenters. The fraction of sp³-hybridized carbons (Fsp3) is 0.571. The van der Waals surface area contributed by atoms with Crippen LogP contribution in [0, 0.1) is 0 Å². The SMILES string of the molecule is CNC1CCCCCC1S(=O)(=O)c1ccc(Br)cc1. The van der Waals surface area contributed by atoms with Crippen LogP contribution in [0.25, 0.3) is 0 Å². The van der Waals surface area contributed by atoms with Gasteiger partial charge in [0.1, 0.15) is 0 Å². The summed E-state index contributed by atoms with van der Waals surface area (Å²) in [5.74, 6) is 0. The summed E-state index contributed by atoms with van der Waals surface area (Å²) in [4.78, 5) is 0.433. The van der Waals surface area contributed by atoms with Crippen LogP contribution in [0.5, 0.6) is 0 Å². The van der Waals surface area contributed by atoms with Crippen molar-refractivity contribution >= 4 is 25.8 Å². The third kappa shape index (κ3) is 3.38. The molecule has 0 aromatic heterocycles. The molecule has 106 valence electrons. The van der Waals surface area contributed by atoms with Crippen LogP contribution < -0.4 is 5.32 Å². The highest BCUT2D eigenvalue weighted by atomic mass is 79.9. The molecule has 0 spiro atoms. The van der Waals surface area contributed by atoms with Gasteiger partial charge in [-0.2, -0.15) is 0 Å². The van der Waals surface area contributed by atoms with E-state index in [0.717, 1.165) is 36.6 Å². The molecule has 1 aromatic carbocycles. The van der Waals surface area contributed by atoms with Gasteiger partial charge in [0.05, 0.1) is 10.1 Å². The lowest BCUT2D eigenvalue weighted by Crippen LogP contribution is -2.41. The fourth-order valence-corrected chi connectivity index (χ4v) is 5.09. The molecule has 0 aliphatic heterocycles. The van der Waals surface area contributed by atoms with Crippen molar-refractivity contribution in [3.05, 3.63) is 28.7 Å². The van der Waals surface area contributed by atoms with Crippen LogP contribution in [0.1, 0.15) is 32.1 Å². The summed E-state index contributed by atoms with van der Waals surface area (Å²) in [6.45, 7) is 0. The summed E-state index contributed by atoms with van der Waals surface area (Å²) in [6.07, 6.45) is 4.93. The monoisotopic (exact) mass is 345 g/mol. The minimum Gasteiger partial charge on any atom is -0.316 e. The van der Waals surface area contributed by atoms with Crippen molar-refractivity contribution in [1.82, 2.24) is 5.32 Å². The zero-order chi connectivity index (χ0) is 13.9. The standard InChI is InChI=1S/C14H20BrNO2S/c1-16-13-5-3-2-4-6-14(13)19(17,18)12-9-7-11(15)8-10-12/h7-10,13-14,16H,2-6H2,1H3. The number of benzene rings is 1. The maximum absolute atomic E-state index is 12.8. The van der Waals surface area contributed by atoms with E-state index in [-0.39, 0.29) is 11.3 Å². The van der Waals surface area contributed by atoms with Gasteiger partial charge in [0.2, 0.25) is 0 Å². The van der Waals surface area contributed by atoms with Crippen molar-refractivity contribution in [3.63, 3.8) is 0 Å². The molecule has 2 rings (SSSR count). The molecular formula is C14H20BrNO2S. The quantitative estimate of drug-likeness (QED) is 0.856. The van der Waals surface area contributed by atoms with E-state index in [1.54, 1.807) is 24.3 Å². The van der Waals surface area contributed by atoms with Gasteiger partial charge in [-0.1, -0.05) is 35.2 Å². The molecule has 1 aliphatic rings. The van der Waals surface area contributed by atoms with Crippen LogP contribution in [0.4, 0.5) is 0 Å². The van der Waals surface area contributed by atoms with Crippen LogP contribution in [-0.4, -0.2) is 26.8 Å². The number of sulfone groups is 1. The van der Waals surface area contributed by atoms with Gasteiger partial charge in [0.15, 0.2) is 9.84 Å². The number of rotatable bonds is 3. The van der Waals surface area contributed by atoms with Crippen molar-refractivity contribution in [2.24, 2.45) is 0 Å². The Morgan fingerprint density at radius 2 is 1.74 bits per heavy atom. The molecule has 2 unspecified atom stereocenters. The minimum absolute atomic E-state index is 0.0659. The first-order chi connectivity index (χ1) is 9.05. The molecule has 19 heavy (non-hydrogen) atoms. The van der Waals surface area contributed by atoms with Crippen molar-refractivity contribution in [3.8, 4) is 0 Å². The van der Waals surface area contributed by atoms with Crippen LogP contribution in [-0.2, 0) is 9.84 Å². The van der Waals surface area contributed by atoms with Gasteiger partial charge in [-0.05, 0) is 44.2 Å². The van der Waals surface area contributed by atoms with Gasteiger partial charge in [-0.3, -0.25) is 0 Å². The Morgan fingerprint density at radius 1 is 1.11 bits per heavy atom. The largest absolute Gasteiger partial charge is 0.316 e. The van der Waals surface area contributed by atoms with E-state index in [9.17, 15) is 8.42 Å². The minimum atomic E-state index is -3.25. The average Bonchev–Trinajstić information content (AvgIpc) is 2.64. The zero-order valence-electron chi connectivity index (χ0n) is 11.1. The summed E-state index contributed by atoms with van der Waals surface area (Å²) < 4.78 is 26.4. The summed E-state index contributed by atoms with van der Waals surface area (Å²) in [6, 6.07) is 7.03. The number of hydrogen-bond donors (Lipinski definition) is 1. The normalized spacial score (nSPS) is 24.9. The van der Waals surface area contributed by atoms with Crippen LogP contribution in [0.15, 0.2) is 33.6 Å². The van der Waals surface area contributed by atoms with E-state index in [4.69, 9.17) is 0 Å². The summed E-state index contributed by atoms with van der Waals surface area (Å²) in [5, 5.41) is 2.89. The first-order valence-corrected chi connectivity index (χ1v) is 9.06. The molecule has 1 aliphatic carbocycles. The Kier molecular flexibility index (Phi) is 5.03. The van der Waals surface area contributed by atoms with Crippen LogP contribution >= 0.6 is 15.9 Å². The second-order valence-corrected chi connectivity index (χ2v) is 8.15. The first kappa shape index (κ1) is 15.0. The summed E-state index contributed by atoms with van der Waals surface area (Å²) >= 11 is 3.34. The molecule has 3 nitrogen and oxygen atoms in total. The summed E-state index contributed by atoms with van der Waals surface area (Å²) in [5.41, 5.74) is 0. The predicted octanol–water partition coefficient (Wildman–Crippen LogP) is 3.14. The highest BCUT2D eigenvalue weighted by molar-refractivity contribution is 9.10. The van der Waals surface area contributed by atoms with Gasteiger partial charge < -0.3 is 5.32 Å². The smallest absolute Gasteiger partial charge is 0.182 e. The second kappa shape index (κ2) is 6.37. The predicted molar refractivity (Wildman–Crippen MR) is 81.0 cm³/mol. The Labute approximate surface area is 123 Å².